The summed E-state index contributed by atoms with van der Waals surface area (Å²) in [6.45, 7) is 1.48. The quantitative estimate of drug-likeness (QED) is 0.847. The maximum atomic E-state index is 12.1. The highest BCUT2D eigenvalue weighted by Crippen LogP contribution is 2.19. The van der Waals surface area contributed by atoms with Crippen molar-refractivity contribution in [2.75, 3.05) is 20.3 Å². The van der Waals surface area contributed by atoms with E-state index in [1.54, 1.807) is 16.2 Å². The van der Waals surface area contributed by atoms with E-state index in [1.807, 2.05) is 18.5 Å². The number of aliphatic hydroxyl groups excluding tert-OH is 1. The highest BCUT2D eigenvalue weighted by molar-refractivity contribution is 7.10. The first-order chi connectivity index (χ1) is 10.2. The first-order valence-corrected chi connectivity index (χ1v) is 8.09. The molecule has 0 spiro atoms. The summed E-state index contributed by atoms with van der Waals surface area (Å²) in [7, 11) is 1.83. The number of carbonyl (C=O) groups excluding carboxylic acids is 1. The molecule has 21 heavy (non-hydrogen) atoms. The Labute approximate surface area is 129 Å². The number of aliphatic hydroxyl groups is 1. The minimum atomic E-state index is 0.0878. The van der Waals surface area contributed by atoms with E-state index in [4.69, 9.17) is 9.84 Å². The standard InChI is InChI=1S/C16H21NO3S/c1-17(16(19)10-14-6-4-8-20-14)11-15-9-13(12-21-15)5-2-3-7-18/h9,12,14,18H,3-4,6-8,10-11H2,1H3. The Morgan fingerprint density at radius 3 is 3.19 bits per heavy atom. The van der Waals surface area contributed by atoms with Crippen molar-refractivity contribution in [3.63, 3.8) is 0 Å². The van der Waals surface area contributed by atoms with Gasteiger partial charge in [-0.25, -0.2) is 0 Å². The van der Waals surface area contributed by atoms with Crippen LogP contribution >= 0.6 is 11.3 Å². The molecule has 0 bridgehead atoms. The smallest absolute Gasteiger partial charge is 0.225 e. The van der Waals surface area contributed by atoms with Crippen molar-refractivity contribution in [1.29, 1.82) is 0 Å². The first kappa shape index (κ1) is 16.0. The fraction of sp³-hybridized carbons (Fsp3) is 0.562. The second-order valence-corrected chi connectivity index (χ2v) is 6.16. The van der Waals surface area contributed by atoms with Gasteiger partial charge in [0.1, 0.15) is 0 Å². The molecular formula is C16H21NO3S. The third-order valence-electron chi connectivity index (χ3n) is 3.37. The molecule has 1 amide bonds. The molecule has 1 saturated heterocycles. The van der Waals surface area contributed by atoms with Crippen LogP contribution in [0.1, 0.15) is 36.1 Å². The molecule has 1 N–H and O–H groups in total. The molecule has 2 heterocycles. The number of nitrogens with zero attached hydrogens (tertiary/aromatic N) is 1. The summed E-state index contributed by atoms with van der Waals surface area (Å²) in [6, 6.07) is 2.00. The Bertz CT molecular complexity index is 523. The molecule has 1 unspecified atom stereocenters. The molecule has 1 atom stereocenters. The van der Waals surface area contributed by atoms with Crippen LogP contribution in [0.15, 0.2) is 11.4 Å². The molecule has 0 aromatic carbocycles. The summed E-state index contributed by atoms with van der Waals surface area (Å²) in [5.74, 6) is 6.03. The Kier molecular flexibility index (Phi) is 6.24. The molecule has 1 aliphatic rings. The van der Waals surface area contributed by atoms with E-state index >= 15 is 0 Å². The SMILES string of the molecule is CN(Cc1cc(C#CCCO)cs1)C(=O)CC1CCCO1. The van der Waals surface area contributed by atoms with Crippen LogP contribution in [0, 0.1) is 11.8 Å². The van der Waals surface area contributed by atoms with Gasteiger partial charge in [0.25, 0.3) is 0 Å². The molecule has 114 valence electrons. The zero-order valence-corrected chi connectivity index (χ0v) is 13.1. The third-order valence-corrected chi connectivity index (χ3v) is 4.29. The molecule has 1 fully saturated rings. The molecule has 0 saturated carbocycles. The number of amides is 1. The van der Waals surface area contributed by atoms with Crippen molar-refractivity contribution in [2.24, 2.45) is 0 Å². The molecule has 4 nitrogen and oxygen atoms in total. The molecular weight excluding hydrogens is 286 g/mol. The van der Waals surface area contributed by atoms with Crippen molar-refractivity contribution >= 4 is 17.2 Å². The van der Waals surface area contributed by atoms with E-state index in [-0.39, 0.29) is 18.6 Å². The first-order valence-electron chi connectivity index (χ1n) is 7.21. The van der Waals surface area contributed by atoms with Crippen LogP contribution in [0.4, 0.5) is 0 Å². The normalized spacial score (nSPS) is 17.3. The van der Waals surface area contributed by atoms with Gasteiger partial charge in [-0.3, -0.25) is 4.79 Å². The summed E-state index contributed by atoms with van der Waals surface area (Å²) in [5.41, 5.74) is 0.948. The second kappa shape index (κ2) is 8.18. The summed E-state index contributed by atoms with van der Waals surface area (Å²) in [6.07, 6.45) is 3.12. The van der Waals surface area contributed by atoms with Gasteiger partial charge in [0.05, 0.1) is 25.7 Å². The topological polar surface area (TPSA) is 49.8 Å². The fourth-order valence-electron chi connectivity index (χ4n) is 2.23. The van der Waals surface area contributed by atoms with Crippen LogP contribution in [-0.4, -0.2) is 42.3 Å². The van der Waals surface area contributed by atoms with Crippen LogP contribution in [0.3, 0.4) is 0 Å². The lowest BCUT2D eigenvalue weighted by molar-refractivity contribution is -0.132. The van der Waals surface area contributed by atoms with Gasteiger partial charge in [-0.1, -0.05) is 11.8 Å². The largest absolute Gasteiger partial charge is 0.395 e. The van der Waals surface area contributed by atoms with E-state index in [2.05, 4.69) is 11.8 Å². The minimum Gasteiger partial charge on any atom is -0.395 e. The molecule has 1 aromatic heterocycles. The summed E-state index contributed by atoms with van der Waals surface area (Å²) < 4.78 is 5.50. The summed E-state index contributed by atoms with van der Waals surface area (Å²) in [4.78, 5) is 15.0. The zero-order chi connectivity index (χ0) is 15.1. The van der Waals surface area contributed by atoms with Gasteiger partial charge in [0.15, 0.2) is 0 Å². The number of hydrogen-bond acceptors (Lipinski definition) is 4. The van der Waals surface area contributed by atoms with Crippen molar-refractivity contribution in [3.8, 4) is 11.8 Å². The lowest BCUT2D eigenvalue weighted by Gasteiger charge is -2.18. The Morgan fingerprint density at radius 1 is 1.62 bits per heavy atom. The maximum Gasteiger partial charge on any atom is 0.225 e. The van der Waals surface area contributed by atoms with Crippen LogP contribution in [-0.2, 0) is 16.1 Å². The monoisotopic (exact) mass is 307 g/mol. The van der Waals surface area contributed by atoms with Crippen molar-refractivity contribution in [2.45, 2.75) is 38.3 Å². The van der Waals surface area contributed by atoms with Crippen molar-refractivity contribution < 1.29 is 14.6 Å². The predicted octanol–water partition coefficient (Wildman–Crippen LogP) is 2.01. The lowest BCUT2D eigenvalue weighted by Crippen LogP contribution is -2.29. The number of carbonyl (C=O) groups is 1. The summed E-state index contributed by atoms with van der Waals surface area (Å²) in [5, 5.41) is 10.7. The lowest BCUT2D eigenvalue weighted by atomic mass is 10.1. The number of thiophene rings is 1. The number of hydrogen-bond donors (Lipinski definition) is 1. The van der Waals surface area contributed by atoms with E-state index in [9.17, 15) is 4.79 Å². The van der Waals surface area contributed by atoms with Gasteiger partial charge in [-0.15, -0.1) is 11.3 Å². The molecule has 1 aromatic rings. The molecule has 5 heteroatoms. The van der Waals surface area contributed by atoms with E-state index < -0.39 is 0 Å². The maximum absolute atomic E-state index is 12.1. The predicted molar refractivity (Wildman–Crippen MR) is 83.0 cm³/mol. The zero-order valence-electron chi connectivity index (χ0n) is 12.3. The van der Waals surface area contributed by atoms with E-state index in [0.717, 1.165) is 29.9 Å². The van der Waals surface area contributed by atoms with Gasteiger partial charge in [-0.05, 0) is 18.9 Å². The third kappa shape index (κ3) is 5.16. The minimum absolute atomic E-state index is 0.0878. The van der Waals surface area contributed by atoms with Crippen LogP contribution < -0.4 is 0 Å². The van der Waals surface area contributed by atoms with E-state index in [1.165, 1.54) is 0 Å². The molecule has 0 aliphatic carbocycles. The highest BCUT2D eigenvalue weighted by atomic mass is 32.1. The van der Waals surface area contributed by atoms with Gasteiger partial charge in [0, 0.05) is 35.9 Å². The Morgan fingerprint density at radius 2 is 2.48 bits per heavy atom. The van der Waals surface area contributed by atoms with Crippen LogP contribution in [0.25, 0.3) is 0 Å². The average molecular weight is 307 g/mol. The number of rotatable bonds is 5. The Balaban J connectivity index is 1.83. The Hall–Kier alpha value is -1.35. The van der Waals surface area contributed by atoms with Crippen LogP contribution in [0.2, 0.25) is 0 Å². The highest BCUT2D eigenvalue weighted by Gasteiger charge is 2.21. The van der Waals surface area contributed by atoms with Gasteiger partial charge < -0.3 is 14.7 Å². The van der Waals surface area contributed by atoms with Gasteiger partial charge in [-0.2, -0.15) is 0 Å². The fourth-order valence-corrected chi connectivity index (χ4v) is 3.10. The van der Waals surface area contributed by atoms with E-state index in [0.29, 0.717) is 19.4 Å². The van der Waals surface area contributed by atoms with Crippen molar-refractivity contribution in [1.82, 2.24) is 4.90 Å². The van der Waals surface area contributed by atoms with Gasteiger partial charge in [0.2, 0.25) is 5.91 Å². The second-order valence-electron chi connectivity index (χ2n) is 5.17. The molecule has 1 aliphatic heterocycles. The van der Waals surface area contributed by atoms with Crippen molar-refractivity contribution in [3.05, 3.63) is 21.9 Å². The van der Waals surface area contributed by atoms with Crippen LogP contribution in [0.5, 0.6) is 0 Å². The van der Waals surface area contributed by atoms with Gasteiger partial charge >= 0.3 is 0 Å². The molecule has 0 radical (unpaired) electrons. The average Bonchev–Trinajstić information content (AvgIpc) is 3.11. The summed E-state index contributed by atoms with van der Waals surface area (Å²) >= 11 is 1.61. The molecule has 2 rings (SSSR count). The number of ether oxygens (including phenoxy) is 1.